The van der Waals surface area contributed by atoms with E-state index in [2.05, 4.69) is 0 Å². The molecule has 0 aliphatic carbocycles. The Labute approximate surface area is 105 Å². The van der Waals surface area contributed by atoms with Gasteiger partial charge in [0.15, 0.2) is 11.5 Å². The zero-order valence-electron chi connectivity index (χ0n) is 10.1. The molecule has 17 heavy (non-hydrogen) atoms. The third kappa shape index (κ3) is 4.99. The van der Waals surface area contributed by atoms with Crippen LogP contribution in [0.3, 0.4) is 0 Å². The first-order chi connectivity index (χ1) is 7.78. The van der Waals surface area contributed by atoms with Gasteiger partial charge in [0.2, 0.25) is 0 Å². The summed E-state index contributed by atoms with van der Waals surface area (Å²) in [5.74, 6) is -0.512. The van der Waals surface area contributed by atoms with Crippen LogP contribution in [0.2, 0.25) is 0 Å². The Kier molecular flexibility index (Phi) is 4.28. The monoisotopic (exact) mass is 256 g/mol. The van der Waals surface area contributed by atoms with Crippen LogP contribution in [0.5, 0.6) is 11.5 Å². The summed E-state index contributed by atoms with van der Waals surface area (Å²) in [5.41, 5.74) is -0.491. The molecule has 0 spiro atoms. The van der Waals surface area contributed by atoms with Crippen molar-refractivity contribution in [3.8, 4) is 11.5 Å². The maximum atomic E-state index is 11.4. The van der Waals surface area contributed by atoms with Crippen molar-refractivity contribution in [3.05, 3.63) is 18.2 Å². The molecule has 0 saturated heterocycles. The Balaban J connectivity index is 2.50. The van der Waals surface area contributed by atoms with Gasteiger partial charge in [-0.1, -0.05) is 0 Å². The van der Waals surface area contributed by atoms with Gasteiger partial charge < -0.3 is 14.9 Å². The van der Waals surface area contributed by atoms with E-state index in [1.165, 1.54) is 23.9 Å². The second-order valence-corrected chi connectivity index (χ2v) is 5.57. The van der Waals surface area contributed by atoms with Crippen LogP contribution in [0.15, 0.2) is 23.1 Å². The van der Waals surface area contributed by atoms with Crippen molar-refractivity contribution in [1.82, 2.24) is 0 Å². The van der Waals surface area contributed by atoms with E-state index < -0.39 is 5.60 Å². The molecule has 94 valence electrons. The number of aromatic hydroxyl groups is 2. The van der Waals surface area contributed by atoms with Crippen LogP contribution in [-0.2, 0) is 9.53 Å². The standard InChI is InChI=1S/C12H16O4S/c1-12(2,3)16-11(15)7-17-8-4-5-9(13)10(14)6-8/h4-6,13-14H,7H2,1-3H3. The first-order valence-corrected chi connectivity index (χ1v) is 6.13. The Morgan fingerprint density at radius 1 is 1.29 bits per heavy atom. The summed E-state index contributed by atoms with van der Waals surface area (Å²) in [5, 5.41) is 18.4. The van der Waals surface area contributed by atoms with Crippen molar-refractivity contribution < 1.29 is 19.7 Å². The molecule has 0 unspecified atom stereocenters. The summed E-state index contributed by atoms with van der Waals surface area (Å²) in [6, 6.07) is 4.42. The molecule has 4 nitrogen and oxygen atoms in total. The van der Waals surface area contributed by atoms with Gasteiger partial charge in [0.1, 0.15) is 5.60 Å². The number of rotatable bonds is 3. The van der Waals surface area contributed by atoms with E-state index in [1.807, 2.05) is 20.8 Å². The van der Waals surface area contributed by atoms with Gasteiger partial charge in [-0.15, -0.1) is 11.8 Å². The minimum Gasteiger partial charge on any atom is -0.504 e. The average Bonchev–Trinajstić information content (AvgIpc) is 2.17. The van der Waals surface area contributed by atoms with E-state index in [9.17, 15) is 9.90 Å². The molecule has 0 heterocycles. The highest BCUT2D eigenvalue weighted by molar-refractivity contribution is 8.00. The van der Waals surface area contributed by atoms with Crippen molar-refractivity contribution in [2.24, 2.45) is 0 Å². The zero-order valence-corrected chi connectivity index (χ0v) is 10.9. The lowest BCUT2D eigenvalue weighted by molar-refractivity contribution is -0.151. The van der Waals surface area contributed by atoms with Crippen LogP contribution >= 0.6 is 11.8 Å². The number of phenolic OH excluding ortho intramolecular Hbond substituents is 2. The van der Waals surface area contributed by atoms with Gasteiger partial charge in [-0.2, -0.15) is 0 Å². The second kappa shape index (κ2) is 5.31. The summed E-state index contributed by atoms with van der Waals surface area (Å²) in [4.78, 5) is 12.1. The van der Waals surface area contributed by atoms with Crippen LogP contribution in [-0.4, -0.2) is 27.5 Å². The lowest BCUT2D eigenvalue weighted by Crippen LogP contribution is -2.24. The summed E-state index contributed by atoms with van der Waals surface area (Å²) < 4.78 is 5.14. The van der Waals surface area contributed by atoms with E-state index in [-0.39, 0.29) is 23.2 Å². The predicted octanol–water partition coefficient (Wildman–Crippen LogP) is 2.53. The van der Waals surface area contributed by atoms with Gasteiger partial charge in [-0.05, 0) is 39.0 Å². The highest BCUT2D eigenvalue weighted by Crippen LogP contribution is 2.30. The van der Waals surface area contributed by atoms with Gasteiger partial charge in [-0.25, -0.2) is 0 Å². The van der Waals surface area contributed by atoms with Crippen molar-refractivity contribution in [2.75, 3.05) is 5.75 Å². The van der Waals surface area contributed by atoms with Crippen LogP contribution < -0.4 is 0 Å². The van der Waals surface area contributed by atoms with Crippen molar-refractivity contribution in [2.45, 2.75) is 31.3 Å². The number of benzene rings is 1. The minimum absolute atomic E-state index is 0.168. The molecule has 0 atom stereocenters. The normalized spacial score (nSPS) is 11.2. The van der Waals surface area contributed by atoms with Gasteiger partial charge >= 0.3 is 5.97 Å². The topological polar surface area (TPSA) is 66.8 Å². The van der Waals surface area contributed by atoms with Crippen LogP contribution in [0.25, 0.3) is 0 Å². The molecule has 0 aromatic heterocycles. The quantitative estimate of drug-likeness (QED) is 0.494. The van der Waals surface area contributed by atoms with Crippen LogP contribution in [0.4, 0.5) is 0 Å². The van der Waals surface area contributed by atoms with Crippen LogP contribution in [0, 0.1) is 0 Å². The molecule has 0 bridgehead atoms. The molecule has 5 heteroatoms. The third-order valence-electron chi connectivity index (χ3n) is 1.72. The molecule has 0 aliphatic heterocycles. The summed E-state index contributed by atoms with van der Waals surface area (Å²) in [7, 11) is 0. The zero-order chi connectivity index (χ0) is 13.1. The summed E-state index contributed by atoms with van der Waals surface area (Å²) in [6.07, 6.45) is 0. The Bertz CT molecular complexity index is 409. The minimum atomic E-state index is -0.491. The van der Waals surface area contributed by atoms with Gasteiger partial charge in [0, 0.05) is 4.90 Å². The number of carbonyl (C=O) groups excluding carboxylic acids is 1. The maximum Gasteiger partial charge on any atom is 0.316 e. The lowest BCUT2D eigenvalue weighted by atomic mass is 10.2. The number of hydrogen-bond donors (Lipinski definition) is 2. The van der Waals surface area contributed by atoms with Crippen molar-refractivity contribution in [3.63, 3.8) is 0 Å². The predicted molar refractivity (Wildman–Crippen MR) is 66.3 cm³/mol. The molecule has 1 aromatic rings. The molecule has 2 N–H and O–H groups in total. The number of ether oxygens (including phenoxy) is 1. The van der Waals surface area contributed by atoms with Crippen LogP contribution in [0.1, 0.15) is 20.8 Å². The first kappa shape index (κ1) is 13.7. The fraction of sp³-hybridized carbons (Fsp3) is 0.417. The van der Waals surface area contributed by atoms with Gasteiger partial charge in [-0.3, -0.25) is 4.79 Å². The van der Waals surface area contributed by atoms with E-state index in [4.69, 9.17) is 9.84 Å². The fourth-order valence-corrected chi connectivity index (χ4v) is 1.81. The third-order valence-corrected chi connectivity index (χ3v) is 2.69. The molecular weight excluding hydrogens is 240 g/mol. The molecule has 0 fully saturated rings. The number of carbonyl (C=O) groups is 1. The highest BCUT2D eigenvalue weighted by atomic mass is 32.2. The smallest absolute Gasteiger partial charge is 0.316 e. The van der Waals surface area contributed by atoms with Gasteiger partial charge in [0.25, 0.3) is 0 Å². The van der Waals surface area contributed by atoms with Crippen molar-refractivity contribution >= 4 is 17.7 Å². The molecule has 0 radical (unpaired) electrons. The maximum absolute atomic E-state index is 11.4. The number of phenols is 2. The molecule has 0 saturated carbocycles. The van der Waals surface area contributed by atoms with E-state index >= 15 is 0 Å². The molecule has 1 aromatic carbocycles. The molecule has 0 amide bonds. The largest absolute Gasteiger partial charge is 0.504 e. The second-order valence-electron chi connectivity index (χ2n) is 4.53. The number of esters is 1. The SMILES string of the molecule is CC(C)(C)OC(=O)CSc1ccc(O)c(O)c1. The Morgan fingerprint density at radius 3 is 2.47 bits per heavy atom. The molecule has 1 rings (SSSR count). The first-order valence-electron chi connectivity index (χ1n) is 5.14. The average molecular weight is 256 g/mol. The van der Waals surface area contributed by atoms with Gasteiger partial charge in [0.05, 0.1) is 5.75 Å². The number of hydrogen-bond acceptors (Lipinski definition) is 5. The van der Waals surface area contributed by atoms with E-state index in [1.54, 1.807) is 6.07 Å². The van der Waals surface area contributed by atoms with Crippen molar-refractivity contribution in [1.29, 1.82) is 0 Å². The lowest BCUT2D eigenvalue weighted by Gasteiger charge is -2.19. The summed E-state index contributed by atoms with van der Waals surface area (Å²) in [6.45, 7) is 5.42. The number of thioether (sulfide) groups is 1. The highest BCUT2D eigenvalue weighted by Gasteiger charge is 2.16. The Morgan fingerprint density at radius 2 is 1.94 bits per heavy atom. The van der Waals surface area contributed by atoms with E-state index in [0.29, 0.717) is 4.90 Å². The van der Waals surface area contributed by atoms with E-state index in [0.717, 1.165) is 0 Å². The fourth-order valence-electron chi connectivity index (χ4n) is 1.11. The summed E-state index contributed by atoms with van der Waals surface area (Å²) >= 11 is 1.25. The molecule has 0 aliphatic rings. The Hall–Kier alpha value is -1.36. The molecular formula is C12H16O4S.